The molecule has 1 saturated heterocycles. The molecule has 4 nitrogen and oxygen atoms in total. The van der Waals surface area contributed by atoms with Crippen molar-refractivity contribution in [3.05, 3.63) is 58.8 Å². The van der Waals surface area contributed by atoms with E-state index < -0.39 is 6.10 Å². The third kappa shape index (κ3) is 4.51. The lowest BCUT2D eigenvalue weighted by molar-refractivity contribution is -0.138. The highest BCUT2D eigenvalue weighted by Gasteiger charge is 2.26. The maximum atomic E-state index is 13.0. The van der Waals surface area contributed by atoms with E-state index >= 15 is 0 Å². The number of carbonyl (C=O) groups excluding carboxylic acids is 1. The van der Waals surface area contributed by atoms with Gasteiger partial charge in [-0.2, -0.15) is 0 Å². The van der Waals surface area contributed by atoms with E-state index in [1.54, 1.807) is 19.1 Å². The van der Waals surface area contributed by atoms with Crippen molar-refractivity contribution in [3.8, 4) is 5.75 Å². The number of carbonyl (C=O) groups is 1. The summed E-state index contributed by atoms with van der Waals surface area (Å²) in [4.78, 5) is 16.6. The Morgan fingerprint density at radius 1 is 1.04 bits per heavy atom. The Morgan fingerprint density at radius 3 is 2.24 bits per heavy atom. The van der Waals surface area contributed by atoms with Gasteiger partial charge in [0.1, 0.15) is 11.6 Å². The van der Waals surface area contributed by atoms with Crippen LogP contribution in [0.2, 0.25) is 0 Å². The van der Waals surface area contributed by atoms with E-state index in [0.717, 1.165) is 23.2 Å². The first-order valence-electron chi connectivity index (χ1n) is 8.24. The molecule has 1 fully saturated rings. The van der Waals surface area contributed by atoms with Crippen LogP contribution in [0.15, 0.2) is 53.0 Å². The largest absolute Gasteiger partial charge is 0.481 e. The van der Waals surface area contributed by atoms with Crippen molar-refractivity contribution >= 4 is 27.5 Å². The van der Waals surface area contributed by atoms with Gasteiger partial charge in [0, 0.05) is 36.3 Å². The molecule has 0 unspecified atom stereocenters. The summed E-state index contributed by atoms with van der Waals surface area (Å²) in [6.45, 7) is 4.48. The molecule has 0 aliphatic carbocycles. The average Bonchev–Trinajstić information content (AvgIpc) is 2.64. The van der Waals surface area contributed by atoms with E-state index in [4.69, 9.17) is 4.74 Å². The molecule has 6 heteroatoms. The van der Waals surface area contributed by atoms with Gasteiger partial charge in [-0.1, -0.05) is 15.9 Å². The minimum atomic E-state index is -0.529. The van der Waals surface area contributed by atoms with Crippen molar-refractivity contribution in [1.29, 1.82) is 0 Å². The van der Waals surface area contributed by atoms with Gasteiger partial charge >= 0.3 is 0 Å². The number of hydrogen-bond acceptors (Lipinski definition) is 3. The van der Waals surface area contributed by atoms with Crippen molar-refractivity contribution < 1.29 is 13.9 Å². The fourth-order valence-corrected chi connectivity index (χ4v) is 3.13. The maximum Gasteiger partial charge on any atom is 0.263 e. The number of hydrogen-bond donors (Lipinski definition) is 0. The van der Waals surface area contributed by atoms with Gasteiger partial charge in [-0.25, -0.2) is 4.39 Å². The maximum absolute atomic E-state index is 13.0. The first-order valence-corrected chi connectivity index (χ1v) is 9.04. The van der Waals surface area contributed by atoms with Crippen LogP contribution >= 0.6 is 15.9 Å². The van der Waals surface area contributed by atoms with Gasteiger partial charge in [-0.05, 0) is 55.5 Å². The number of piperazine rings is 1. The third-order valence-electron chi connectivity index (χ3n) is 4.26. The Hall–Kier alpha value is -2.08. The van der Waals surface area contributed by atoms with Crippen LogP contribution in [-0.2, 0) is 4.79 Å². The zero-order chi connectivity index (χ0) is 17.8. The second-order valence-electron chi connectivity index (χ2n) is 6.00. The molecule has 0 radical (unpaired) electrons. The van der Waals surface area contributed by atoms with Crippen LogP contribution in [0.4, 0.5) is 10.1 Å². The van der Waals surface area contributed by atoms with Gasteiger partial charge in [-0.15, -0.1) is 0 Å². The fraction of sp³-hybridized carbons (Fsp3) is 0.316. The molecular weight excluding hydrogens is 387 g/mol. The molecule has 25 heavy (non-hydrogen) atoms. The molecule has 2 aromatic rings. The summed E-state index contributed by atoms with van der Waals surface area (Å²) in [6, 6.07) is 13.9. The van der Waals surface area contributed by atoms with Crippen LogP contribution in [0.5, 0.6) is 5.75 Å². The summed E-state index contributed by atoms with van der Waals surface area (Å²) >= 11 is 3.38. The second-order valence-corrected chi connectivity index (χ2v) is 6.92. The minimum absolute atomic E-state index is 0.0123. The van der Waals surface area contributed by atoms with Crippen molar-refractivity contribution in [2.45, 2.75) is 13.0 Å². The Balaban J connectivity index is 1.53. The topological polar surface area (TPSA) is 32.8 Å². The Morgan fingerprint density at radius 2 is 1.64 bits per heavy atom. The summed E-state index contributed by atoms with van der Waals surface area (Å²) in [6.07, 6.45) is -0.529. The van der Waals surface area contributed by atoms with Crippen LogP contribution in [-0.4, -0.2) is 43.1 Å². The van der Waals surface area contributed by atoms with E-state index in [0.29, 0.717) is 18.8 Å². The number of rotatable bonds is 4. The van der Waals surface area contributed by atoms with Crippen molar-refractivity contribution in [2.75, 3.05) is 31.1 Å². The summed E-state index contributed by atoms with van der Waals surface area (Å²) in [7, 11) is 0. The minimum Gasteiger partial charge on any atom is -0.481 e. The SMILES string of the molecule is C[C@@H](Oc1ccc(Br)cc1)C(=O)N1CCN(c2ccc(F)cc2)CC1. The smallest absolute Gasteiger partial charge is 0.263 e. The predicted molar refractivity (Wildman–Crippen MR) is 99.4 cm³/mol. The molecule has 0 saturated carbocycles. The molecule has 0 N–H and O–H groups in total. The Kier molecular flexibility index (Phi) is 5.58. The molecule has 0 aromatic heterocycles. The molecule has 1 aliphatic heterocycles. The molecule has 3 rings (SSSR count). The van der Waals surface area contributed by atoms with Crippen LogP contribution in [0, 0.1) is 5.82 Å². The van der Waals surface area contributed by atoms with Crippen molar-refractivity contribution in [2.24, 2.45) is 0 Å². The summed E-state index contributed by atoms with van der Waals surface area (Å²) in [5.41, 5.74) is 0.979. The molecule has 1 aliphatic rings. The highest BCUT2D eigenvalue weighted by molar-refractivity contribution is 9.10. The molecule has 1 heterocycles. The number of ether oxygens (including phenoxy) is 1. The van der Waals surface area contributed by atoms with E-state index in [1.807, 2.05) is 29.2 Å². The molecule has 0 spiro atoms. The van der Waals surface area contributed by atoms with Gasteiger partial charge in [0.2, 0.25) is 0 Å². The monoisotopic (exact) mass is 406 g/mol. The summed E-state index contributed by atoms with van der Waals surface area (Å²) in [5.74, 6) is 0.423. The van der Waals surface area contributed by atoms with E-state index in [2.05, 4.69) is 20.8 Å². The lowest BCUT2D eigenvalue weighted by Crippen LogP contribution is -2.52. The molecular formula is C19H20BrFN2O2. The van der Waals surface area contributed by atoms with Crippen molar-refractivity contribution in [1.82, 2.24) is 4.90 Å². The summed E-state index contributed by atoms with van der Waals surface area (Å²) in [5, 5.41) is 0. The highest BCUT2D eigenvalue weighted by atomic mass is 79.9. The molecule has 0 bridgehead atoms. The normalized spacial score (nSPS) is 15.8. The lowest BCUT2D eigenvalue weighted by atomic mass is 10.2. The number of nitrogens with zero attached hydrogens (tertiary/aromatic N) is 2. The van der Waals surface area contributed by atoms with Gasteiger partial charge in [0.15, 0.2) is 6.10 Å². The zero-order valence-electron chi connectivity index (χ0n) is 14.0. The van der Waals surface area contributed by atoms with Crippen LogP contribution in [0.25, 0.3) is 0 Å². The molecule has 1 amide bonds. The van der Waals surface area contributed by atoms with E-state index in [1.165, 1.54) is 12.1 Å². The highest BCUT2D eigenvalue weighted by Crippen LogP contribution is 2.20. The van der Waals surface area contributed by atoms with Crippen LogP contribution in [0.1, 0.15) is 6.92 Å². The number of amides is 1. The zero-order valence-corrected chi connectivity index (χ0v) is 15.6. The van der Waals surface area contributed by atoms with Gasteiger partial charge in [0.25, 0.3) is 5.91 Å². The first kappa shape index (κ1) is 17.7. The molecule has 1 atom stereocenters. The summed E-state index contributed by atoms with van der Waals surface area (Å²) < 4.78 is 19.7. The number of anilines is 1. The van der Waals surface area contributed by atoms with Gasteiger partial charge in [-0.3, -0.25) is 4.79 Å². The number of benzene rings is 2. The van der Waals surface area contributed by atoms with Crippen LogP contribution in [0.3, 0.4) is 0 Å². The van der Waals surface area contributed by atoms with E-state index in [-0.39, 0.29) is 11.7 Å². The van der Waals surface area contributed by atoms with E-state index in [9.17, 15) is 9.18 Å². The second kappa shape index (κ2) is 7.87. The average molecular weight is 407 g/mol. The van der Waals surface area contributed by atoms with Gasteiger partial charge < -0.3 is 14.5 Å². The number of halogens is 2. The molecule has 132 valence electrons. The third-order valence-corrected chi connectivity index (χ3v) is 4.79. The molecule has 2 aromatic carbocycles. The Bertz CT molecular complexity index is 713. The standard InChI is InChI=1S/C19H20BrFN2O2/c1-14(25-18-8-2-15(20)3-9-18)19(24)23-12-10-22(11-13-23)17-6-4-16(21)5-7-17/h2-9,14H,10-13H2,1H3/t14-/m1/s1. The van der Waals surface area contributed by atoms with Gasteiger partial charge in [0.05, 0.1) is 0 Å². The first-order chi connectivity index (χ1) is 12.0. The lowest BCUT2D eigenvalue weighted by Gasteiger charge is -2.37. The quantitative estimate of drug-likeness (QED) is 0.775. The predicted octanol–water partition coefficient (Wildman–Crippen LogP) is 3.70. The van der Waals surface area contributed by atoms with Crippen molar-refractivity contribution in [3.63, 3.8) is 0 Å². The van der Waals surface area contributed by atoms with Crippen LogP contribution < -0.4 is 9.64 Å². The fourth-order valence-electron chi connectivity index (χ4n) is 2.86. The Labute approximate surface area is 155 Å².